The Kier molecular flexibility index (Phi) is 5.10. The van der Waals surface area contributed by atoms with E-state index in [1.165, 1.54) is 0 Å². The molecule has 1 aromatic carbocycles. The quantitative estimate of drug-likeness (QED) is 0.798. The Labute approximate surface area is 103 Å². The van der Waals surface area contributed by atoms with Gasteiger partial charge in [-0.15, -0.1) is 0 Å². The van der Waals surface area contributed by atoms with Crippen molar-refractivity contribution in [2.24, 2.45) is 0 Å². The summed E-state index contributed by atoms with van der Waals surface area (Å²) < 4.78 is 0. The van der Waals surface area contributed by atoms with E-state index in [-0.39, 0.29) is 0 Å². The van der Waals surface area contributed by atoms with Crippen molar-refractivity contribution in [1.82, 2.24) is 4.90 Å². The molecule has 0 heterocycles. The summed E-state index contributed by atoms with van der Waals surface area (Å²) in [5.41, 5.74) is 7.55. The molecule has 2 nitrogen and oxygen atoms in total. The Morgan fingerprint density at radius 1 is 1.38 bits per heavy atom. The average molecular weight is 241 g/mol. The standard InChI is InChI=1S/C13H21ClN2/c1-4-10(3)16(5-2)9-11-6-7-12(15)8-13(11)14/h6-8,10H,4-5,9,15H2,1-3H3. The number of nitrogens with zero attached hydrogens (tertiary/aromatic N) is 1. The topological polar surface area (TPSA) is 29.3 Å². The summed E-state index contributed by atoms with van der Waals surface area (Å²) in [6.07, 6.45) is 1.15. The number of rotatable bonds is 5. The van der Waals surface area contributed by atoms with Crippen LogP contribution in [-0.2, 0) is 6.54 Å². The second-order valence-corrected chi connectivity index (χ2v) is 4.58. The van der Waals surface area contributed by atoms with Gasteiger partial charge in [-0.05, 0) is 37.6 Å². The van der Waals surface area contributed by atoms with E-state index in [9.17, 15) is 0 Å². The van der Waals surface area contributed by atoms with Crippen molar-refractivity contribution in [3.8, 4) is 0 Å². The highest BCUT2D eigenvalue weighted by Gasteiger charge is 2.12. The first kappa shape index (κ1) is 13.3. The highest BCUT2D eigenvalue weighted by atomic mass is 35.5. The molecular formula is C13H21ClN2. The first-order valence-corrected chi connectivity index (χ1v) is 6.24. The minimum Gasteiger partial charge on any atom is -0.399 e. The normalized spacial score (nSPS) is 13.1. The molecule has 1 atom stereocenters. The molecule has 0 saturated heterocycles. The Morgan fingerprint density at radius 3 is 2.56 bits per heavy atom. The van der Waals surface area contributed by atoms with Crippen molar-refractivity contribution >= 4 is 17.3 Å². The molecule has 0 aliphatic rings. The van der Waals surface area contributed by atoms with Crippen LogP contribution in [0.25, 0.3) is 0 Å². The van der Waals surface area contributed by atoms with E-state index in [0.29, 0.717) is 6.04 Å². The molecule has 90 valence electrons. The molecule has 0 saturated carbocycles. The van der Waals surface area contributed by atoms with E-state index in [2.05, 4.69) is 25.7 Å². The molecule has 1 rings (SSSR count). The molecule has 2 N–H and O–H groups in total. The lowest BCUT2D eigenvalue weighted by molar-refractivity contribution is 0.206. The SMILES string of the molecule is CCC(C)N(CC)Cc1ccc(N)cc1Cl. The Bertz CT molecular complexity index is 339. The van der Waals surface area contributed by atoms with Crippen molar-refractivity contribution in [3.63, 3.8) is 0 Å². The van der Waals surface area contributed by atoms with Crippen molar-refractivity contribution < 1.29 is 0 Å². The van der Waals surface area contributed by atoms with Crippen LogP contribution in [-0.4, -0.2) is 17.5 Å². The smallest absolute Gasteiger partial charge is 0.0471 e. The zero-order chi connectivity index (χ0) is 12.1. The second-order valence-electron chi connectivity index (χ2n) is 4.17. The lowest BCUT2D eigenvalue weighted by Crippen LogP contribution is -2.31. The minimum absolute atomic E-state index is 0.582. The van der Waals surface area contributed by atoms with Gasteiger partial charge in [0.2, 0.25) is 0 Å². The molecule has 3 heteroatoms. The Balaban J connectivity index is 2.78. The van der Waals surface area contributed by atoms with Crippen LogP contribution in [0.2, 0.25) is 5.02 Å². The molecule has 1 aromatic rings. The summed E-state index contributed by atoms with van der Waals surface area (Å²) in [6, 6.07) is 6.33. The third-order valence-electron chi connectivity index (χ3n) is 3.07. The van der Waals surface area contributed by atoms with Crippen LogP contribution in [0.4, 0.5) is 5.69 Å². The lowest BCUT2D eigenvalue weighted by Gasteiger charge is -2.27. The van der Waals surface area contributed by atoms with Gasteiger partial charge in [-0.2, -0.15) is 0 Å². The average Bonchev–Trinajstić information content (AvgIpc) is 2.27. The molecule has 0 bridgehead atoms. The first-order valence-electron chi connectivity index (χ1n) is 5.86. The van der Waals surface area contributed by atoms with Gasteiger partial charge in [0.1, 0.15) is 0 Å². The van der Waals surface area contributed by atoms with E-state index in [1.54, 1.807) is 0 Å². The lowest BCUT2D eigenvalue weighted by atomic mass is 10.1. The molecule has 0 aliphatic heterocycles. The van der Waals surface area contributed by atoms with E-state index in [1.807, 2.05) is 18.2 Å². The van der Waals surface area contributed by atoms with Gasteiger partial charge < -0.3 is 5.73 Å². The summed E-state index contributed by atoms with van der Waals surface area (Å²) >= 11 is 6.17. The molecular weight excluding hydrogens is 220 g/mol. The van der Waals surface area contributed by atoms with Crippen LogP contribution in [0.15, 0.2) is 18.2 Å². The third-order valence-corrected chi connectivity index (χ3v) is 3.42. The van der Waals surface area contributed by atoms with Gasteiger partial charge in [-0.25, -0.2) is 0 Å². The summed E-state index contributed by atoms with van der Waals surface area (Å²) in [5, 5.41) is 0.766. The monoisotopic (exact) mass is 240 g/mol. The van der Waals surface area contributed by atoms with Crippen molar-refractivity contribution in [2.45, 2.75) is 39.8 Å². The van der Waals surface area contributed by atoms with E-state index < -0.39 is 0 Å². The van der Waals surface area contributed by atoms with Crippen molar-refractivity contribution in [3.05, 3.63) is 28.8 Å². The molecule has 16 heavy (non-hydrogen) atoms. The van der Waals surface area contributed by atoms with Gasteiger partial charge in [0.25, 0.3) is 0 Å². The number of nitrogen functional groups attached to an aromatic ring is 1. The number of nitrogens with two attached hydrogens (primary N) is 1. The fourth-order valence-corrected chi connectivity index (χ4v) is 2.00. The van der Waals surface area contributed by atoms with E-state index >= 15 is 0 Å². The maximum absolute atomic E-state index is 6.17. The Morgan fingerprint density at radius 2 is 2.06 bits per heavy atom. The van der Waals surface area contributed by atoms with Gasteiger partial charge in [-0.3, -0.25) is 4.90 Å². The van der Waals surface area contributed by atoms with Crippen LogP contribution >= 0.6 is 11.6 Å². The highest BCUT2D eigenvalue weighted by molar-refractivity contribution is 6.31. The number of benzene rings is 1. The number of hydrogen-bond donors (Lipinski definition) is 1. The van der Waals surface area contributed by atoms with Crippen LogP contribution in [0, 0.1) is 0 Å². The van der Waals surface area contributed by atoms with Gasteiger partial charge in [0, 0.05) is 23.3 Å². The van der Waals surface area contributed by atoms with Gasteiger partial charge in [-0.1, -0.05) is 31.5 Å². The van der Waals surface area contributed by atoms with Crippen molar-refractivity contribution in [1.29, 1.82) is 0 Å². The van der Waals surface area contributed by atoms with E-state index in [0.717, 1.165) is 35.8 Å². The van der Waals surface area contributed by atoms with E-state index in [4.69, 9.17) is 17.3 Å². The van der Waals surface area contributed by atoms with Crippen LogP contribution in [0.1, 0.15) is 32.8 Å². The largest absolute Gasteiger partial charge is 0.399 e. The number of anilines is 1. The van der Waals surface area contributed by atoms with Gasteiger partial charge >= 0.3 is 0 Å². The summed E-state index contributed by atoms with van der Waals surface area (Å²) in [5.74, 6) is 0. The minimum atomic E-state index is 0.582. The molecule has 0 aliphatic carbocycles. The zero-order valence-electron chi connectivity index (χ0n) is 10.3. The second kappa shape index (κ2) is 6.12. The summed E-state index contributed by atoms with van der Waals surface area (Å²) in [7, 11) is 0. The predicted octanol–water partition coefficient (Wildman–Crippen LogP) is 3.54. The molecule has 0 spiro atoms. The molecule has 1 unspecified atom stereocenters. The maximum atomic E-state index is 6.17. The highest BCUT2D eigenvalue weighted by Crippen LogP contribution is 2.21. The number of hydrogen-bond acceptors (Lipinski definition) is 2. The van der Waals surface area contributed by atoms with Crippen LogP contribution < -0.4 is 5.73 Å². The molecule has 0 radical (unpaired) electrons. The van der Waals surface area contributed by atoms with Crippen LogP contribution in [0.5, 0.6) is 0 Å². The first-order chi connectivity index (χ1) is 7.58. The van der Waals surface area contributed by atoms with Crippen molar-refractivity contribution in [2.75, 3.05) is 12.3 Å². The fraction of sp³-hybridized carbons (Fsp3) is 0.538. The summed E-state index contributed by atoms with van der Waals surface area (Å²) in [6.45, 7) is 8.56. The molecule has 0 fully saturated rings. The summed E-state index contributed by atoms with van der Waals surface area (Å²) in [4.78, 5) is 2.41. The predicted molar refractivity (Wildman–Crippen MR) is 71.7 cm³/mol. The molecule has 0 aromatic heterocycles. The molecule has 0 amide bonds. The number of halogens is 1. The third kappa shape index (κ3) is 3.39. The zero-order valence-corrected chi connectivity index (χ0v) is 11.1. The maximum Gasteiger partial charge on any atom is 0.0471 e. The Hall–Kier alpha value is -0.730. The van der Waals surface area contributed by atoms with Gasteiger partial charge in [0.15, 0.2) is 0 Å². The fourth-order valence-electron chi connectivity index (χ4n) is 1.75. The van der Waals surface area contributed by atoms with Crippen LogP contribution in [0.3, 0.4) is 0 Å². The van der Waals surface area contributed by atoms with Gasteiger partial charge in [0.05, 0.1) is 0 Å².